The van der Waals surface area contributed by atoms with E-state index in [-0.39, 0.29) is 50.0 Å². The predicted octanol–water partition coefficient (Wildman–Crippen LogP) is 4.33. The number of halogens is 1. The fourth-order valence-electron chi connectivity index (χ4n) is 5.85. The Labute approximate surface area is 334 Å². The van der Waals surface area contributed by atoms with Gasteiger partial charge >= 0.3 is 227 Å². The molecular weight excluding hydrogens is 811 g/mol. The number of nitrogens with two attached hydrogens (primary N) is 1. The van der Waals surface area contributed by atoms with Crippen LogP contribution in [0.1, 0.15) is 46.0 Å². The third kappa shape index (κ3) is 13.4. The van der Waals surface area contributed by atoms with Crippen LogP contribution in [-0.2, 0) is 33.4 Å². The zero-order valence-corrected chi connectivity index (χ0v) is 35.0. The number of esters is 2. The molecule has 0 radical (unpaired) electrons. The summed E-state index contributed by atoms with van der Waals surface area (Å²) in [7, 11) is 2.51. The Balaban J connectivity index is 1.50. The van der Waals surface area contributed by atoms with Gasteiger partial charge in [0.05, 0.1) is 13.2 Å². The second kappa shape index (κ2) is 23.5. The van der Waals surface area contributed by atoms with E-state index in [4.69, 9.17) is 15.2 Å². The quantitative estimate of drug-likeness (QED) is 0.0441. The smallest absolute Gasteiger partial charge is 0.322 e. The van der Waals surface area contributed by atoms with Crippen LogP contribution in [0, 0.1) is 0 Å². The van der Waals surface area contributed by atoms with Crippen LogP contribution in [0.2, 0.25) is 0 Å². The van der Waals surface area contributed by atoms with E-state index < -0.39 is 41.1 Å². The van der Waals surface area contributed by atoms with Crippen LogP contribution in [-0.4, -0.2) is 85.7 Å². The Kier molecular flexibility index (Phi) is 19.6. The summed E-state index contributed by atoms with van der Waals surface area (Å²) in [5.41, 5.74) is 5.79. The SMILES string of the molecule is CCOC(=O)CNC(=O)[C@H](CSSCC(=O)NCCCCCP(Br)(c1ccccc1)(c1ccccc1)c1ccccc1)NC(=O)CC[C@H](N)C(=O)OCC. The van der Waals surface area contributed by atoms with Crippen LogP contribution in [0.5, 0.6) is 0 Å². The van der Waals surface area contributed by atoms with E-state index in [2.05, 4.69) is 104 Å². The number of nitrogens with one attached hydrogen (secondary N) is 3. The molecular formula is C39H52BrN4O7PS2. The van der Waals surface area contributed by atoms with Crippen molar-refractivity contribution in [2.24, 2.45) is 5.73 Å². The number of unbranched alkanes of at least 4 members (excludes halogenated alkanes) is 2. The molecule has 54 heavy (non-hydrogen) atoms. The minimum Gasteiger partial charge on any atom is -0.465 e. The van der Waals surface area contributed by atoms with Gasteiger partial charge in [-0.3, -0.25) is 19.2 Å². The second-order valence-corrected chi connectivity index (χ2v) is 24.0. The second-order valence-electron chi connectivity index (χ2n) is 12.4. The van der Waals surface area contributed by atoms with Gasteiger partial charge in [-0.25, -0.2) is 0 Å². The van der Waals surface area contributed by atoms with Gasteiger partial charge in [0.1, 0.15) is 12.6 Å². The van der Waals surface area contributed by atoms with Gasteiger partial charge in [0.15, 0.2) is 0 Å². The molecule has 2 atom stereocenters. The third-order valence-corrected chi connectivity index (χ3v) is 20.9. The van der Waals surface area contributed by atoms with Crippen LogP contribution < -0.4 is 37.6 Å². The Bertz CT molecular complexity index is 1540. The van der Waals surface area contributed by atoms with E-state index in [1.807, 2.05) is 18.2 Å². The molecule has 294 valence electrons. The van der Waals surface area contributed by atoms with Crippen molar-refractivity contribution >= 4 is 88.0 Å². The van der Waals surface area contributed by atoms with Gasteiger partial charge < -0.3 is 25.8 Å². The molecule has 11 nitrogen and oxygen atoms in total. The molecule has 0 aliphatic carbocycles. The first kappa shape index (κ1) is 45.0. The van der Waals surface area contributed by atoms with Crippen LogP contribution in [0.3, 0.4) is 0 Å². The molecule has 0 aliphatic rings. The number of carbonyl (C=O) groups is 5. The average Bonchev–Trinajstić information content (AvgIpc) is 3.19. The minimum absolute atomic E-state index is 0.0378. The van der Waals surface area contributed by atoms with Crippen LogP contribution in [0.15, 0.2) is 91.0 Å². The molecule has 0 saturated heterocycles. The molecule has 3 amide bonds. The normalized spacial score (nSPS) is 13.0. The molecule has 0 aliphatic heterocycles. The Morgan fingerprint density at radius 2 is 1.30 bits per heavy atom. The van der Waals surface area contributed by atoms with E-state index in [0.29, 0.717) is 6.54 Å². The molecule has 5 N–H and O–H groups in total. The van der Waals surface area contributed by atoms with E-state index in [9.17, 15) is 24.0 Å². The first-order valence-corrected chi connectivity index (χ1v) is 25.0. The largest absolute Gasteiger partial charge is 0.465 e. The minimum atomic E-state index is -2.99. The number of carbonyl (C=O) groups excluding carboxylic acids is 5. The Morgan fingerprint density at radius 3 is 1.83 bits per heavy atom. The summed E-state index contributed by atoms with van der Waals surface area (Å²) in [6.45, 7) is 3.84. The van der Waals surface area contributed by atoms with E-state index >= 15 is 0 Å². The first-order chi connectivity index (χ1) is 26.0. The first-order valence-electron chi connectivity index (χ1n) is 18.1. The van der Waals surface area contributed by atoms with Crippen molar-refractivity contribution in [3.05, 3.63) is 91.0 Å². The maximum absolute atomic E-state index is 12.9. The molecule has 3 rings (SSSR count). The zero-order valence-electron chi connectivity index (χ0n) is 30.9. The number of rotatable bonds is 24. The molecule has 0 unspecified atom stereocenters. The average molecular weight is 864 g/mol. The van der Waals surface area contributed by atoms with Crippen LogP contribution in [0.4, 0.5) is 0 Å². The molecule has 0 aromatic heterocycles. The molecule has 3 aromatic rings. The molecule has 0 saturated carbocycles. The Morgan fingerprint density at radius 1 is 0.741 bits per heavy atom. The van der Waals surface area contributed by atoms with Crippen molar-refractivity contribution in [2.45, 2.75) is 58.0 Å². The number of amides is 3. The summed E-state index contributed by atoms with van der Waals surface area (Å²) >= 11 is 4.49. The fraction of sp³-hybridized carbons (Fsp3) is 0.410. The van der Waals surface area contributed by atoms with E-state index in [1.165, 1.54) is 37.5 Å². The topological polar surface area (TPSA) is 166 Å². The summed E-state index contributed by atoms with van der Waals surface area (Å²) in [6, 6.07) is 30.1. The van der Waals surface area contributed by atoms with E-state index in [1.54, 1.807) is 13.8 Å². The molecule has 0 heterocycles. The number of hydrogen-bond donors (Lipinski definition) is 4. The third-order valence-electron chi connectivity index (χ3n) is 8.60. The van der Waals surface area contributed by atoms with Gasteiger partial charge in [0, 0.05) is 6.42 Å². The van der Waals surface area contributed by atoms with E-state index in [0.717, 1.165) is 25.4 Å². The Hall–Kier alpha value is -3.42. The molecule has 3 aromatic carbocycles. The van der Waals surface area contributed by atoms with Crippen molar-refractivity contribution in [3.63, 3.8) is 0 Å². The van der Waals surface area contributed by atoms with Gasteiger partial charge in [-0.1, -0.05) is 0 Å². The number of benzene rings is 3. The van der Waals surface area contributed by atoms with Crippen molar-refractivity contribution in [1.82, 2.24) is 16.0 Å². The summed E-state index contributed by atoms with van der Waals surface area (Å²) in [4.78, 5) is 61.8. The van der Waals surface area contributed by atoms with Crippen molar-refractivity contribution in [2.75, 3.05) is 44.0 Å². The van der Waals surface area contributed by atoms with Gasteiger partial charge in [-0.05, 0) is 20.3 Å². The monoisotopic (exact) mass is 862 g/mol. The summed E-state index contributed by atoms with van der Waals surface area (Å²) in [5.74, 6) is -2.13. The molecule has 0 spiro atoms. The molecule has 15 heteroatoms. The van der Waals surface area contributed by atoms with Gasteiger partial charge in [0.25, 0.3) is 0 Å². The summed E-state index contributed by atoms with van der Waals surface area (Å²) in [5, 5.41) is 8.96. The fourth-order valence-corrected chi connectivity index (χ4v) is 15.6. The van der Waals surface area contributed by atoms with Gasteiger partial charge in [-0.2, -0.15) is 0 Å². The molecule has 0 bridgehead atoms. The number of ether oxygens (including phenoxy) is 2. The van der Waals surface area contributed by atoms with Crippen molar-refractivity contribution in [3.8, 4) is 0 Å². The van der Waals surface area contributed by atoms with Gasteiger partial charge in [0.2, 0.25) is 11.8 Å². The molecule has 0 fully saturated rings. The standard InChI is InChI=1S/C39H52BrN4O7PS2/c1-3-50-37(47)27-43-38(48)34(44-35(45)24-23-33(41)39(49)51-4-2)28-53-54-29-36(46)42-25-15-8-16-26-52(40,30-17-9-5-10-18-30,31-19-11-6-12-20-31)32-21-13-7-14-22-32/h5-7,9-14,17-22,33-34H,3-4,8,15-16,23-29,41H2,1-2H3,(H,42,46)(H,43,48)(H,44,45)/t33-,34-/m0/s1. The van der Waals surface area contributed by atoms with Crippen molar-refractivity contribution in [1.29, 1.82) is 0 Å². The number of hydrogen-bond acceptors (Lipinski definition) is 10. The zero-order chi connectivity index (χ0) is 39.3. The maximum Gasteiger partial charge on any atom is 0.322 e. The van der Waals surface area contributed by atoms with Crippen LogP contribution >= 0.6 is 42.4 Å². The summed E-state index contributed by atoms with van der Waals surface area (Å²) < 4.78 is 9.73. The van der Waals surface area contributed by atoms with Crippen molar-refractivity contribution < 1.29 is 33.4 Å². The predicted molar refractivity (Wildman–Crippen MR) is 226 cm³/mol. The van der Waals surface area contributed by atoms with Crippen LogP contribution in [0.25, 0.3) is 0 Å². The summed E-state index contributed by atoms with van der Waals surface area (Å²) in [6.07, 6.45) is 3.54. The maximum atomic E-state index is 12.9. The van der Waals surface area contributed by atoms with Gasteiger partial charge in [-0.15, -0.1) is 0 Å².